The average molecular weight is 334 g/mol. The first-order valence-corrected chi connectivity index (χ1v) is 8.06. The molecule has 11 heteroatoms. The number of piperidine rings is 1. The van der Waals surface area contributed by atoms with Crippen molar-refractivity contribution in [1.29, 1.82) is 0 Å². The highest BCUT2D eigenvalue weighted by atomic mass is 32.2. The van der Waals surface area contributed by atoms with Crippen LogP contribution in [-0.4, -0.2) is 61.5 Å². The number of hydrogen-bond donors (Lipinski definition) is 2. The zero-order chi connectivity index (χ0) is 16.5. The van der Waals surface area contributed by atoms with E-state index in [-0.39, 0.29) is 18.7 Å². The normalized spacial score (nSPS) is 23.2. The van der Waals surface area contributed by atoms with Crippen LogP contribution in [0.5, 0.6) is 0 Å². The van der Waals surface area contributed by atoms with Gasteiger partial charge in [-0.3, -0.25) is 4.68 Å². The fourth-order valence-corrected chi connectivity index (χ4v) is 3.90. The second-order valence-electron chi connectivity index (χ2n) is 5.35. The molecule has 1 saturated heterocycles. The third kappa shape index (κ3) is 3.65. The van der Waals surface area contributed by atoms with Crippen LogP contribution in [0.2, 0.25) is 0 Å². The molecule has 1 aromatic rings. The van der Waals surface area contributed by atoms with E-state index in [9.17, 15) is 17.6 Å². The number of likely N-dealkylation sites (tertiary alicyclic amines) is 1. The van der Waals surface area contributed by atoms with Crippen LogP contribution in [0, 0.1) is 0 Å². The number of amides is 2. The molecule has 0 aromatic carbocycles. The molecule has 2 rings (SSSR count). The van der Waals surface area contributed by atoms with Gasteiger partial charge in [0.05, 0.1) is 17.9 Å². The van der Waals surface area contributed by atoms with E-state index in [1.54, 1.807) is 23.7 Å². The predicted molar refractivity (Wildman–Crippen MR) is 78.1 cm³/mol. The Morgan fingerprint density at radius 3 is 2.68 bits per heavy atom. The van der Waals surface area contributed by atoms with Crippen LogP contribution in [0.15, 0.2) is 12.4 Å². The Labute approximate surface area is 128 Å². The first-order valence-electron chi connectivity index (χ1n) is 6.62. The summed E-state index contributed by atoms with van der Waals surface area (Å²) in [7, 11) is -0.917. The van der Waals surface area contributed by atoms with Crippen LogP contribution in [-0.2, 0) is 17.3 Å². The number of rotatable bonds is 4. The minimum absolute atomic E-state index is 0.0267. The number of aryl methyl sites for hydroxylation is 1. The van der Waals surface area contributed by atoms with E-state index in [2.05, 4.69) is 5.10 Å². The van der Waals surface area contributed by atoms with Gasteiger partial charge >= 0.3 is 16.2 Å². The highest BCUT2D eigenvalue weighted by molar-refractivity contribution is 7.91. The molecule has 1 fully saturated rings. The molecule has 124 valence electrons. The Balaban J connectivity index is 2.39. The number of hydrogen-bond acceptors (Lipinski definition) is 5. The number of anilines is 1. The summed E-state index contributed by atoms with van der Waals surface area (Å²) in [6.45, 7) is 0.565. The molecule has 0 unspecified atom stereocenters. The fraction of sp³-hybridized carbons (Fsp3) is 0.636. The molecule has 0 radical (unpaired) electrons. The van der Waals surface area contributed by atoms with Crippen molar-refractivity contribution in [3.8, 4) is 0 Å². The number of likely N-dealkylation sites (N-methyl/N-ethyl adjacent to an activating group) is 1. The minimum Gasteiger partial charge on any atom is -0.351 e. The van der Waals surface area contributed by atoms with Crippen molar-refractivity contribution in [2.45, 2.75) is 18.6 Å². The Morgan fingerprint density at radius 2 is 2.18 bits per heavy atom. The van der Waals surface area contributed by atoms with E-state index in [0.717, 1.165) is 4.31 Å². The van der Waals surface area contributed by atoms with E-state index in [1.165, 1.54) is 17.1 Å². The monoisotopic (exact) mass is 334 g/mol. The van der Waals surface area contributed by atoms with Gasteiger partial charge in [-0.25, -0.2) is 18.2 Å². The van der Waals surface area contributed by atoms with Crippen molar-refractivity contribution >= 4 is 21.9 Å². The van der Waals surface area contributed by atoms with Gasteiger partial charge < -0.3 is 10.6 Å². The quantitative estimate of drug-likeness (QED) is 0.747. The lowest BCUT2D eigenvalue weighted by Crippen LogP contribution is -2.56. The highest BCUT2D eigenvalue weighted by Gasteiger charge is 2.37. The number of primary amides is 1. The number of urea groups is 1. The van der Waals surface area contributed by atoms with Crippen LogP contribution in [0.1, 0.15) is 6.42 Å². The molecule has 2 amide bonds. The van der Waals surface area contributed by atoms with E-state index in [1.807, 2.05) is 0 Å². The molecule has 0 bridgehead atoms. The van der Waals surface area contributed by atoms with E-state index >= 15 is 0 Å². The molecule has 0 aliphatic carbocycles. The third-order valence-electron chi connectivity index (χ3n) is 3.33. The number of halogens is 1. The number of aromatic nitrogens is 2. The highest BCUT2D eigenvalue weighted by Crippen LogP contribution is 2.26. The topological polar surface area (TPSA) is 114 Å². The Morgan fingerprint density at radius 1 is 1.50 bits per heavy atom. The van der Waals surface area contributed by atoms with Crippen molar-refractivity contribution in [3.05, 3.63) is 12.4 Å². The van der Waals surface area contributed by atoms with Crippen LogP contribution < -0.4 is 14.8 Å². The minimum atomic E-state index is -4.25. The summed E-state index contributed by atoms with van der Waals surface area (Å²) in [5.41, 5.74) is 5.16. The molecular formula is C11H19FN6O3S. The summed E-state index contributed by atoms with van der Waals surface area (Å²) in [4.78, 5) is 12.7. The summed E-state index contributed by atoms with van der Waals surface area (Å²) in [5, 5.41) is 3.92. The predicted octanol–water partition coefficient (Wildman–Crippen LogP) is -0.818. The summed E-state index contributed by atoms with van der Waals surface area (Å²) in [5.74, 6) is 0. The van der Waals surface area contributed by atoms with Gasteiger partial charge in [0, 0.05) is 32.8 Å². The number of alkyl halides is 1. The van der Waals surface area contributed by atoms with Gasteiger partial charge in [0.15, 0.2) is 0 Å². The summed E-state index contributed by atoms with van der Waals surface area (Å²) >= 11 is 0. The maximum Gasteiger partial charge on any atom is 0.327 e. The smallest absolute Gasteiger partial charge is 0.327 e. The molecule has 0 saturated carbocycles. The van der Waals surface area contributed by atoms with Gasteiger partial charge in [0.25, 0.3) is 0 Å². The summed E-state index contributed by atoms with van der Waals surface area (Å²) in [6.07, 6.45) is 1.68. The summed E-state index contributed by atoms with van der Waals surface area (Å²) < 4.78 is 42.7. The molecule has 9 nitrogen and oxygen atoms in total. The van der Waals surface area contributed by atoms with E-state index in [4.69, 9.17) is 5.73 Å². The lowest BCUT2D eigenvalue weighted by Gasteiger charge is -2.38. The van der Waals surface area contributed by atoms with Crippen LogP contribution in [0.25, 0.3) is 0 Å². The molecule has 22 heavy (non-hydrogen) atoms. The maximum absolute atomic E-state index is 13.8. The first-order chi connectivity index (χ1) is 10.2. The van der Waals surface area contributed by atoms with Crippen molar-refractivity contribution in [1.82, 2.24) is 19.4 Å². The van der Waals surface area contributed by atoms with Gasteiger partial charge in [-0.1, -0.05) is 0 Å². The molecule has 0 spiro atoms. The van der Waals surface area contributed by atoms with Crippen LogP contribution in [0.3, 0.4) is 0 Å². The molecule has 2 heterocycles. The standard InChI is InChI=1S/C11H19FN6O3S/c1-16-5-8(12)3-9(6-16)18(10-4-14-17(2)7-10)22(20,21)15-11(13)19/h4,7-9H,3,5-6H2,1-2H3,(H3,13,15,19)/t8-,9-/m0/s1. The molecule has 1 aliphatic heterocycles. The summed E-state index contributed by atoms with van der Waals surface area (Å²) in [6, 6.07) is -1.87. The Hall–Kier alpha value is -1.88. The lowest BCUT2D eigenvalue weighted by atomic mass is 10.0. The zero-order valence-corrected chi connectivity index (χ0v) is 13.1. The Kier molecular flexibility index (Phi) is 4.56. The average Bonchev–Trinajstić information content (AvgIpc) is 2.71. The number of nitrogens with zero attached hydrogens (tertiary/aromatic N) is 4. The first kappa shape index (κ1) is 16.5. The van der Waals surface area contributed by atoms with Crippen molar-refractivity contribution in [2.75, 3.05) is 24.4 Å². The molecule has 2 atom stereocenters. The SMILES string of the molecule is CN1C[C@@H](F)C[C@H](N(c2cnn(C)c2)S(=O)(=O)NC(N)=O)C1. The Bertz CT molecular complexity index is 638. The third-order valence-corrected chi connectivity index (χ3v) is 4.81. The maximum atomic E-state index is 13.8. The van der Waals surface area contributed by atoms with Crippen LogP contribution >= 0.6 is 0 Å². The fourth-order valence-electron chi connectivity index (χ4n) is 2.63. The number of nitrogens with two attached hydrogens (primary N) is 1. The number of carbonyl (C=O) groups is 1. The van der Waals surface area contributed by atoms with Gasteiger partial charge in [0.2, 0.25) is 0 Å². The lowest BCUT2D eigenvalue weighted by molar-refractivity contribution is 0.148. The van der Waals surface area contributed by atoms with Gasteiger partial charge in [-0.2, -0.15) is 13.5 Å². The molecule has 1 aromatic heterocycles. The second kappa shape index (κ2) is 6.08. The molecule has 1 aliphatic rings. The van der Waals surface area contributed by atoms with Gasteiger partial charge in [-0.05, 0) is 7.05 Å². The van der Waals surface area contributed by atoms with Crippen molar-refractivity contribution in [3.63, 3.8) is 0 Å². The molecular weight excluding hydrogens is 315 g/mol. The van der Waals surface area contributed by atoms with Gasteiger partial charge in [-0.15, -0.1) is 0 Å². The van der Waals surface area contributed by atoms with E-state index < -0.39 is 28.5 Å². The molecule has 3 N–H and O–H groups in total. The van der Waals surface area contributed by atoms with Crippen molar-refractivity contribution in [2.24, 2.45) is 12.8 Å². The number of nitrogens with one attached hydrogen (secondary N) is 1. The second-order valence-corrected chi connectivity index (χ2v) is 6.90. The van der Waals surface area contributed by atoms with Gasteiger partial charge in [0.1, 0.15) is 6.17 Å². The zero-order valence-electron chi connectivity index (χ0n) is 12.3. The largest absolute Gasteiger partial charge is 0.351 e. The number of carbonyl (C=O) groups excluding carboxylic acids is 1. The van der Waals surface area contributed by atoms with Crippen LogP contribution in [0.4, 0.5) is 14.9 Å². The van der Waals surface area contributed by atoms with Crippen molar-refractivity contribution < 1.29 is 17.6 Å². The van der Waals surface area contributed by atoms with E-state index in [0.29, 0.717) is 6.54 Å².